The van der Waals surface area contributed by atoms with Gasteiger partial charge in [-0.1, -0.05) is 0 Å². The van der Waals surface area contributed by atoms with E-state index in [1.54, 1.807) is 25.7 Å². The van der Waals surface area contributed by atoms with E-state index in [-0.39, 0.29) is 6.09 Å². The second kappa shape index (κ2) is 5.36. The molecule has 21 heavy (non-hydrogen) atoms. The molecule has 2 aliphatic rings. The Morgan fingerprint density at radius 3 is 2.00 bits per heavy atom. The number of carbonyl (C=O) groups excluding carboxylic acids is 2. The van der Waals surface area contributed by atoms with Gasteiger partial charge in [0.15, 0.2) is 0 Å². The summed E-state index contributed by atoms with van der Waals surface area (Å²) in [5, 5.41) is 9.77. The third-order valence-corrected chi connectivity index (χ3v) is 3.04. The molecule has 1 amide bonds. The first-order chi connectivity index (χ1) is 9.65. The van der Waals surface area contributed by atoms with Crippen molar-refractivity contribution < 1.29 is 29.1 Å². The number of nitrogens with zero attached hydrogens (tertiary/aromatic N) is 2. The Hall–Kier alpha value is -2.09. The number of ether oxygens (including phenoxy) is 1. The molecule has 2 heterocycles. The molecular weight excluding hydrogens is 280 g/mol. The molecule has 0 bridgehead atoms. The van der Waals surface area contributed by atoms with Crippen molar-refractivity contribution in [3.8, 4) is 0 Å². The van der Waals surface area contributed by atoms with Crippen molar-refractivity contribution in [2.75, 3.05) is 26.2 Å². The first-order valence-electron chi connectivity index (χ1n) is 6.53. The fourth-order valence-corrected chi connectivity index (χ4v) is 2.22. The van der Waals surface area contributed by atoms with Gasteiger partial charge in [0.05, 0.1) is 13.1 Å². The monoisotopic (exact) mass is 298 g/mol. The highest BCUT2D eigenvalue weighted by molar-refractivity contribution is 6.28. The van der Waals surface area contributed by atoms with Gasteiger partial charge in [-0.25, -0.2) is 14.4 Å². The normalized spacial score (nSPS) is 18.7. The summed E-state index contributed by atoms with van der Waals surface area (Å²) >= 11 is 0. The van der Waals surface area contributed by atoms with Crippen molar-refractivity contribution in [2.24, 2.45) is 0 Å². The van der Waals surface area contributed by atoms with Crippen LogP contribution in [0.1, 0.15) is 20.8 Å². The fourth-order valence-electron chi connectivity index (χ4n) is 2.22. The Balaban J connectivity index is 1.84. The van der Waals surface area contributed by atoms with Crippen molar-refractivity contribution in [2.45, 2.75) is 26.4 Å². The lowest BCUT2D eigenvalue weighted by Crippen LogP contribution is -2.38. The van der Waals surface area contributed by atoms with E-state index in [0.717, 1.165) is 11.1 Å². The minimum absolute atomic E-state index is 0.313. The number of hydrogen-bond donors (Lipinski definition) is 1. The van der Waals surface area contributed by atoms with Gasteiger partial charge < -0.3 is 19.6 Å². The van der Waals surface area contributed by atoms with Crippen molar-refractivity contribution in [1.82, 2.24) is 9.96 Å². The van der Waals surface area contributed by atoms with Crippen LogP contribution in [0, 0.1) is 0 Å². The zero-order valence-corrected chi connectivity index (χ0v) is 12.2. The molecule has 0 spiro atoms. The summed E-state index contributed by atoms with van der Waals surface area (Å²) in [6.45, 7) is 6.84. The van der Waals surface area contributed by atoms with Crippen LogP contribution in [0.2, 0.25) is 0 Å². The zero-order valence-electron chi connectivity index (χ0n) is 12.2. The van der Waals surface area contributed by atoms with E-state index in [1.807, 2.05) is 0 Å². The van der Waals surface area contributed by atoms with Crippen LogP contribution in [0.15, 0.2) is 11.1 Å². The molecule has 0 saturated carbocycles. The van der Waals surface area contributed by atoms with Crippen LogP contribution in [-0.4, -0.2) is 64.9 Å². The smallest absolute Gasteiger partial charge is 0.436 e. The zero-order chi connectivity index (χ0) is 15.8. The molecule has 0 unspecified atom stereocenters. The molecule has 0 aromatic heterocycles. The molecule has 116 valence electrons. The molecule has 0 aromatic rings. The predicted molar refractivity (Wildman–Crippen MR) is 70.1 cm³/mol. The highest BCUT2D eigenvalue weighted by Crippen LogP contribution is 2.26. The van der Waals surface area contributed by atoms with Gasteiger partial charge in [0.2, 0.25) is 0 Å². The molecule has 0 aromatic carbocycles. The summed E-state index contributed by atoms with van der Waals surface area (Å²) in [7, 11) is 0. The maximum absolute atomic E-state index is 11.9. The standard InChI is InChI=1S/C13H18N2O6/c1-13(2,3)20-12(19)14-4-8-6-15(7-9(8)5-14)21-11(18)10(16)17/h4-7H2,1-3H3,(H,16,17). The number of hydroxylamine groups is 2. The highest BCUT2D eigenvalue weighted by atomic mass is 16.7. The number of hydrogen-bond acceptors (Lipinski definition) is 6. The van der Waals surface area contributed by atoms with Crippen LogP contribution in [-0.2, 0) is 19.2 Å². The quantitative estimate of drug-likeness (QED) is 0.552. The average molecular weight is 298 g/mol. The van der Waals surface area contributed by atoms with Crippen LogP contribution in [0.3, 0.4) is 0 Å². The first-order valence-corrected chi connectivity index (χ1v) is 6.53. The van der Waals surface area contributed by atoms with E-state index < -0.39 is 17.5 Å². The molecule has 0 fully saturated rings. The summed E-state index contributed by atoms with van der Waals surface area (Å²) in [5.74, 6) is -2.93. The number of amides is 1. The average Bonchev–Trinajstić information content (AvgIpc) is 2.83. The number of rotatable bonds is 1. The molecule has 0 radical (unpaired) electrons. The Labute approximate surface area is 121 Å². The lowest BCUT2D eigenvalue weighted by molar-refractivity contribution is -0.193. The second-order valence-electron chi connectivity index (χ2n) is 6.03. The van der Waals surface area contributed by atoms with Gasteiger partial charge >= 0.3 is 18.0 Å². The van der Waals surface area contributed by atoms with Crippen molar-refractivity contribution in [3.63, 3.8) is 0 Å². The minimum Gasteiger partial charge on any atom is -0.473 e. The van der Waals surface area contributed by atoms with E-state index in [2.05, 4.69) is 0 Å². The fraction of sp³-hybridized carbons (Fsp3) is 0.615. The van der Waals surface area contributed by atoms with Gasteiger partial charge in [0.25, 0.3) is 0 Å². The van der Waals surface area contributed by atoms with E-state index in [1.165, 1.54) is 5.06 Å². The number of carbonyl (C=O) groups is 3. The first kappa shape index (κ1) is 15.3. The molecular formula is C13H18N2O6. The SMILES string of the molecule is CC(C)(C)OC(=O)N1CC2=C(CN(OC(=O)C(=O)O)C2)C1. The Kier molecular flexibility index (Phi) is 3.91. The molecule has 2 aliphatic heterocycles. The van der Waals surface area contributed by atoms with E-state index >= 15 is 0 Å². The molecule has 8 heteroatoms. The topological polar surface area (TPSA) is 96.4 Å². The van der Waals surface area contributed by atoms with Gasteiger partial charge in [-0.15, -0.1) is 5.06 Å². The van der Waals surface area contributed by atoms with Crippen LogP contribution < -0.4 is 0 Å². The molecule has 0 aliphatic carbocycles. The van der Waals surface area contributed by atoms with Crippen molar-refractivity contribution >= 4 is 18.0 Å². The molecule has 1 N–H and O–H groups in total. The summed E-state index contributed by atoms with van der Waals surface area (Å²) in [5.41, 5.74) is 1.37. The van der Waals surface area contributed by atoms with Crippen molar-refractivity contribution in [1.29, 1.82) is 0 Å². The number of aliphatic carboxylic acids is 1. The summed E-state index contributed by atoms with van der Waals surface area (Å²) < 4.78 is 5.29. The van der Waals surface area contributed by atoms with Crippen LogP contribution >= 0.6 is 0 Å². The Bertz CT molecular complexity index is 501. The Morgan fingerprint density at radius 1 is 1.05 bits per heavy atom. The van der Waals surface area contributed by atoms with Gasteiger partial charge in [0, 0.05) is 13.1 Å². The largest absolute Gasteiger partial charge is 0.473 e. The molecule has 2 rings (SSSR count). The molecule has 0 saturated heterocycles. The second-order valence-corrected chi connectivity index (χ2v) is 6.03. The molecule has 8 nitrogen and oxygen atoms in total. The third kappa shape index (κ3) is 3.72. The Morgan fingerprint density at radius 2 is 1.57 bits per heavy atom. The summed E-state index contributed by atoms with van der Waals surface area (Å²) in [6.07, 6.45) is -0.383. The lowest BCUT2D eigenvalue weighted by atomic mass is 10.2. The maximum Gasteiger partial charge on any atom is 0.436 e. The minimum atomic E-state index is -1.63. The van der Waals surface area contributed by atoms with E-state index in [4.69, 9.17) is 14.7 Å². The number of carboxylic acids is 1. The third-order valence-electron chi connectivity index (χ3n) is 3.04. The van der Waals surface area contributed by atoms with Crippen LogP contribution in [0.5, 0.6) is 0 Å². The molecule has 0 atom stereocenters. The van der Waals surface area contributed by atoms with E-state index in [0.29, 0.717) is 26.2 Å². The van der Waals surface area contributed by atoms with E-state index in [9.17, 15) is 14.4 Å². The van der Waals surface area contributed by atoms with Gasteiger partial charge in [-0.05, 0) is 31.9 Å². The lowest BCUT2D eigenvalue weighted by Gasteiger charge is -2.26. The van der Waals surface area contributed by atoms with Crippen LogP contribution in [0.4, 0.5) is 4.79 Å². The van der Waals surface area contributed by atoms with Crippen LogP contribution in [0.25, 0.3) is 0 Å². The van der Waals surface area contributed by atoms with Crippen molar-refractivity contribution in [3.05, 3.63) is 11.1 Å². The van der Waals surface area contributed by atoms with Gasteiger partial charge in [0.1, 0.15) is 5.60 Å². The summed E-state index contributed by atoms with van der Waals surface area (Å²) in [6, 6.07) is 0. The highest BCUT2D eigenvalue weighted by Gasteiger charge is 2.36. The van der Waals surface area contributed by atoms with Gasteiger partial charge in [-0.2, -0.15) is 0 Å². The van der Waals surface area contributed by atoms with Gasteiger partial charge in [-0.3, -0.25) is 0 Å². The maximum atomic E-state index is 11.9. The number of carboxylic acid groups (broad SMARTS) is 1. The predicted octanol–water partition coefficient (Wildman–Crippen LogP) is 0.392. The summed E-state index contributed by atoms with van der Waals surface area (Å²) in [4.78, 5) is 39.6.